The van der Waals surface area contributed by atoms with Gasteiger partial charge < -0.3 is 9.80 Å². The van der Waals surface area contributed by atoms with Gasteiger partial charge in [-0.05, 0) is 50.2 Å². The van der Waals surface area contributed by atoms with Crippen LogP contribution in [0, 0.1) is 41.0 Å². The quantitative estimate of drug-likeness (QED) is 0.517. The van der Waals surface area contributed by atoms with Gasteiger partial charge >= 0.3 is 5.69 Å². The number of piperidine rings is 1. The first-order valence-corrected chi connectivity index (χ1v) is 10.8. The number of carbonyl (C=O) groups excluding carboxylic acids is 2. The summed E-state index contributed by atoms with van der Waals surface area (Å²) in [5.74, 6) is -2.83. The summed E-state index contributed by atoms with van der Waals surface area (Å²) in [6.45, 7) is 4.46. The second kappa shape index (κ2) is 8.20. The van der Waals surface area contributed by atoms with Crippen LogP contribution in [0.4, 0.5) is 14.5 Å². The van der Waals surface area contributed by atoms with E-state index in [2.05, 4.69) is 5.10 Å². The summed E-state index contributed by atoms with van der Waals surface area (Å²) in [4.78, 5) is 39.8. The van der Waals surface area contributed by atoms with Gasteiger partial charge in [0.1, 0.15) is 22.9 Å². The van der Waals surface area contributed by atoms with E-state index in [1.807, 2.05) is 0 Å². The number of aromatic nitrogens is 2. The Labute approximate surface area is 189 Å². The van der Waals surface area contributed by atoms with E-state index >= 15 is 0 Å². The lowest BCUT2D eigenvalue weighted by molar-refractivity contribution is -0.385. The first-order chi connectivity index (χ1) is 15.5. The van der Waals surface area contributed by atoms with Gasteiger partial charge in [0.2, 0.25) is 5.69 Å². The highest BCUT2D eigenvalue weighted by atomic mass is 19.1. The summed E-state index contributed by atoms with van der Waals surface area (Å²) in [6.07, 6.45) is 1.84. The van der Waals surface area contributed by atoms with Crippen LogP contribution in [0.5, 0.6) is 0 Å². The van der Waals surface area contributed by atoms with Crippen molar-refractivity contribution in [2.75, 3.05) is 26.2 Å². The maximum Gasteiger partial charge on any atom is 0.322 e. The molecule has 2 aliphatic heterocycles. The number of amides is 2. The topological polar surface area (TPSA) is 102 Å². The number of hydrogen-bond acceptors (Lipinski definition) is 5. The molecule has 1 aromatic heterocycles. The van der Waals surface area contributed by atoms with E-state index in [0.29, 0.717) is 45.4 Å². The maximum atomic E-state index is 14.4. The fourth-order valence-electron chi connectivity index (χ4n) is 4.97. The molecular formula is C22H25F2N5O4. The molecule has 0 saturated carbocycles. The highest BCUT2D eigenvalue weighted by molar-refractivity contribution is 5.97. The third kappa shape index (κ3) is 3.85. The zero-order chi connectivity index (χ0) is 24.1. The molecule has 0 aliphatic carbocycles. The van der Waals surface area contributed by atoms with Crippen molar-refractivity contribution in [2.24, 2.45) is 12.5 Å². The van der Waals surface area contributed by atoms with Crippen LogP contribution in [0.3, 0.4) is 0 Å². The van der Waals surface area contributed by atoms with Gasteiger partial charge in [-0.3, -0.25) is 24.4 Å². The highest BCUT2D eigenvalue weighted by Crippen LogP contribution is 2.41. The number of aryl methyl sites for hydroxylation is 3. The third-order valence-corrected chi connectivity index (χ3v) is 6.91. The van der Waals surface area contributed by atoms with Crippen molar-refractivity contribution in [1.82, 2.24) is 19.6 Å². The van der Waals surface area contributed by atoms with E-state index in [4.69, 9.17) is 0 Å². The van der Waals surface area contributed by atoms with Crippen molar-refractivity contribution in [2.45, 2.75) is 33.1 Å². The van der Waals surface area contributed by atoms with Gasteiger partial charge in [0.25, 0.3) is 11.8 Å². The Morgan fingerprint density at radius 3 is 2.27 bits per heavy atom. The number of nitrogens with zero attached hydrogens (tertiary/aromatic N) is 5. The number of rotatable bonds is 3. The molecule has 33 heavy (non-hydrogen) atoms. The summed E-state index contributed by atoms with van der Waals surface area (Å²) in [7, 11) is 1.51. The molecule has 0 bridgehead atoms. The molecule has 176 valence electrons. The van der Waals surface area contributed by atoms with Crippen LogP contribution in [-0.4, -0.2) is 62.5 Å². The zero-order valence-corrected chi connectivity index (χ0v) is 18.7. The first kappa shape index (κ1) is 22.8. The minimum Gasteiger partial charge on any atom is -0.338 e. The second-order valence-corrected chi connectivity index (χ2v) is 8.99. The molecule has 4 rings (SSSR count). The molecule has 2 aromatic rings. The number of hydrogen-bond donors (Lipinski definition) is 0. The van der Waals surface area contributed by atoms with Crippen LogP contribution in [0.1, 0.15) is 51.4 Å². The number of benzene rings is 1. The van der Waals surface area contributed by atoms with E-state index in [0.717, 1.165) is 6.07 Å². The molecular weight excluding hydrogens is 436 g/mol. The Balaban J connectivity index is 1.46. The fourth-order valence-corrected chi connectivity index (χ4v) is 4.97. The van der Waals surface area contributed by atoms with Gasteiger partial charge in [-0.2, -0.15) is 5.10 Å². The maximum absolute atomic E-state index is 14.4. The molecule has 0 N–H and O–H groups in total. The Morgan fingerprint density at radius 2 is 1.67 bits per heavy atom. The van der Waals surface area contributed by atoms with Crippen molar-refractivity contribution < 1.29 is 23.3 Å². The number of carbonyl (C=O) groups is 2. The Kier molecular flexibility index (Phi) is 5.67. The SMILES string of the molecule is Cc1ccc(F)c(C(=O)N2CCC3(CC2)CCN(C(=O)c2c([N+](=O)[O-])c(C)nn2C)C3)c1F. The molecule has 0 atom stereocenters. The number of nitro groups is 1. The average Bonchev–Trinajstić information content (AvgIpc) is 3.31. The minimum absolute atomic E-state index is 0.0486. The standard InChI is InChI=1S/C22H25F2N5O4/c1-13-4-5-15(23)16(17(13)24)20(30)27-9-6-22(7-10-27)8-11-28(12-22)21(31)19-18(29(32)33)14(2)25-26(19)3/h4-5H,6-12H2,1-3H3. The molecule has 2 saturated heterocycles. The molecule has 1 spiro atoms. The molecule has 11 heteroatoms. The molecule has 3 heterocycles. The number of halogens is 2. The lowest BCUT2D eigenvalue weighted by Crippen LogP contribution is -2.45. The van der Waals surface area contributed by atoms with E-state index in [1.165, 1.54) is 36.5 Å². The van der Waals surface area contributed by atoms with E-state index < -0.39 is 33.9 Å². The lowest BCUT2D eigenvalue weighted by Gasteiger charge is -2.39. The van der Waals surface area contributed by atoms with Crippen molar-refractivity contribution in [1.29, 1.82) is 0 Å². The lowest BCUT2D eigenvalue weighted by atomic mass is 9.77. The summed E-state index contributed by atoms with van der Waals surface area (Å²) in [5, 5.41) is 15.5. The van der Waals surface area contributed by atoms with Crippen LogP contribution in [0.15, 0.2) is 12.1 Å². The summed E-state index contributed by atoms with van der Waals surface area (Å²) < 4.78 is 29.8. The Hall–Kier alpha value is -3.37. The molecule has 2 fully saturated rings. The summed E-state index contributed by atoms with van der Waals surface area (Å²) in [5.41, 5.74) is -0.718. The normalized spacial score (nSPS) is 17.6. The monoisotopic (exact) mass is 461 g/mol. The summed E-state index contributed by atoms with van der Waals surface area (Å²) >= 11 is 0. The van der Waals surface area contributed by atoms with Crippen molar-refractivity contribution in [3.8, 4) is 0 Å². The van der Waals surface area contributed by atoms with Gasteiger partial charge in [0, 0.05) is 33.2 Å². The molecule has 2 amide bonds. The Morgan fingerprint density at radius 1 is 1.06 bits per heavy atom. The predicted molar refractivity (Wildman–Crippen MR) is 114 cm³/mol. The van der Waals surface area contributed by atoms with Crippen LogP contribution in [0.2, 0.25) is 0 Å². The molecule has 0 radical (unpaired) electrons. The minimum atomic E-state index is -0.880. The van der Waals surface area contributed by atoms with Gasteiger partial charge in [0.15, 0.2) is 0 Å². The third-order valence-electron chi connectivity index (χ3n) is 6.91. The van der Waals surface area contributed by atoms with E-state index in [-0.39, 0.29) is 28.1 Å². The Bertz CT molecular complexity index is 1150. The van der Waals surface area contributed by atoms with Crippen LogP contribution in [-0.2, 0) is 7.05 Å². The average molecular weight is 461 g/mol. The summed E-state index contributed by atoms with van der Waals surface area (Å²) in [6, 6.07) is 2.39. The second-order valence-electron chi connectivity index (χ2n) is 8.99. The van der Waals surface area contributed by atoms with Crippen molar-refractivity contribution in [3.05, 3.63) is 56.4 Å². The first-order valence-electron chi connectivity index (χ1n) is 10.8. The van der Waals surface area contributed by atoms with Crippen LogP contribution in [0.25, 0.3) is 0 Å². The largest absolute Gasteiger partial charge is 0.338 e. The number of likely N-dealkylation sites (tertiary alicyclic amines) is 2. The highest BCUT2D eigenvalue weighted by Gasteiger charge is 2.45. The van der Waals surface area contributed by atoms with E-state index in [9.17, 15) is 28.5 Å². The zero-order valence-electron chi connectivity index (χ0n) is 18.7. The van der Waals surface area contributed by atoms with Crippen molar-refractivity contribution in [3.63, 3.8) is 0 Å². The van der Waals surface area contributed by atoms with Crippen LogP contribution < -0.4 is 0 Å². The van der Waals surface area contributed by atoms with Gasteiger partial charge in [-0.1, -0.05) is 6.07 Å². The van der Waals surface area contributed by atoms with E-state index in [1.54, 1.807) is 4.90 Å². The molecule has 1 aromatic carbocycles. The van der Waals surface area contributed by atoms with Crippen LogP contribution >= 0.6 is 0 Å². The molecule has 2 aliphatic rings. The molecule has 0 unspecified atom stereocenters. The van der Waals surface area contributed by atoms with Gasteiger partial charge in [-0.15, -0.1) is 0 Å². The van der Waals surface area contributed by atoms with Gasteiger partial charge in [0.05, 0.1) is 4.92 Å². The smallest absolute Gasteiger partial charge is 0.322 e. The fraction of sp³-hybridized carbons (Fsp3) is 0.500. The van der Waals surface area contributed by atoms with Crippen molar-refractivity contribution >= 4 is 17.5 Å². The van der Waals surface area contributed by atoms with Gasteiger partial charge in [-0.25, -0.2) is 8.78 Å². The predicted octanol–water partition coefficient (Wildman–Crippen LogP) is 2.99. The molecule has 9 nitrogen and oxygen atoms in total.